The van der Waals surface area contributed by atoms with Crippen molar-refractivity contribution >= 4 is 17.6 Å². The fraction of sp³-hybridized carbons (Fsp3) is 0.300. The average Bonchev–Trinajstić information content (AvgIpc) is 2.67. The van der Waals surface area contributed by atoms with Crippen LogP contribution in [0.3, 0.4) is 0 Å². The third-order valence-corrected chi connectivity index (χ3v) is 4.00. The van der Waals surface area contributed by atoms with E-state index < -0.39 is 24.3 Å². The number of rotatable bonds is 8. The molecule has 0 aliphatic carbocycles. The molecule has 0 aliphatic rings. The van der Waals surface area contributed by atoms with Crippen LogP contribution in [0.4, 0.5) is 10.1 Å². The predicted molar refractivity (Wildman–Crippen MR) is 98.5 cm³/mol. The van der Waals surface area contributed by atoms with Gasteiger partial charge in [-0.05, 0) is 44.2 Å². The minimum absolute atomic E-state index is 0.0433. The molecule has 5 nitrogen and oxygen atoms in total. The van der Waals surface area contributed by atoms with Crippen LogP contribution >= 0.6 is 0 Å². The molecule has 0 fully saturated rings. The van der Waals surface area contributed by atoms with Crippen LogP contribution in [-0.4, -0.2) is 31.6 Å². The second kappa shape index (κ2) is 9.56. The standard InChI is InChI=1S/C20H23FN2O3/c1-3-23(4-2)17-11-9-15(10-12-17)20(25)26-14-19(24)22-13-16-7-5-6-8-18(16)21/h5-12H,3-4,13-14H2,1-2H3,(H,22,24). The number of ether oxygens (including phenoxy) is 1. The molecule has 6 heteroatoms. The number of nitrogens with one attached hydrogen (secondary N) is 1. The summed E-state index contributed by atoms with van der Waals surface area (Å²) in [5.74, 6) is -1.45. The van der Waals surface area contributed by atoms with Crippen molar-refractivity contribution in [3.63, 3.8) is 0 Å². The zero-order chi connectivity index (χ0) is 18.9. The van der Waals surface area contributed by atoms with E-state index in [9.17, 15) is 14.0 Å². The number of carbonyl (C=O) groups excluding carboxylic acids is 2. The summed E-state index contributed by atoms with van der Waals surface area (Å²) < 4.78 is 18.5. The first-order chi connectivity index (χ1) is 12.5. The molecule has 0 saturated heterocycles. The van der Waals surface area contributed by atoms with Crippen molar-refractivity contribution < 1.29 is 18.7 Å². The molecule has 0 aromatic heterocycles. The second-order valence-corrected chi connectivity index (χ2v) is 5.66. The molecule has 26 heavy (non-hydrogen) atoms. The van der Waals surface area contributed by atoms with E-state index in [0.717, 1.165) is 18.8 Å². The van der Waals surface area contributed by atoms with E-state index >= 15 is 0 Å². The summed E-state index contributed by atoms with van der Waals surface area (Å²) in [6.07, 6.45) is 0. The number of nitrogens with zero attached hydrogens (tertiary/aromatic N) is 1. The molecule has 0 bridgehead atoms. The Hall–Kier alpha value is -2.89. The molecular weight excluding hydrogens is 335 g/mol. The quantitative estimate of drug-likeness (QED) is 0.737. The average molecular weight is 358 g/mol. The minimum Gasteiger partial charge on any atom is -0.452 e. The zero-order valence-electron chi connectivity index (χ0n) is 15.0. The van der Waals surface area contributed by atoms with E-state index in [4.69, 9.17) is 4.74 Å². The topological polar surface area (TPSA) is 58.6 Å². The van der Waals surface area contributed by atoms with Gasteiger partial charge in [0, 0.05) is 30.9 Å². The Morgan fingerprint density at radius 2 is 1.69 bits per heavy atom. The smallest absolute Gasteiger partial charge is 0.338 e. The number of anilines is 1. The Balaban J connectivity index is 1.82. The van der Waals surface area contributed by atoms with Crippen LogP contribution in [0.2, 0.25) is 0 Å². The molecule has 0 atom stereocenters. The van der Waals surface area contributed by atoms with Crippen molar-refractivity contribution in [1.29, 1.82) is 0 Å². The van der Waals surface area contributed by atoms with Gasteiger partial charge in [0.15, 0.2) is 6.61 Å². The number of hydrogen-bond donors (Lipinski definition) is 1. The summed E-state index contributed by atoms with van der Waals surface area (Å²) in [6, 6.07) is 13.2. The summed E-state index contributed by atoms with van der Waals surface area (Å²) >= 11 is 0. The molecule has 0 aliphatic heterocycles. The van der Waals surface area contributed by atoms with Crippen LogP contribution in [-0.2, 0) is 16.1 Å². The third-order valence-electron chi connectivity index (χ3n) is 4.00. The normalized spacial score (nSPS) is 10.3. The summed E-state index contributed by atoms with van der Waals surface area (Å²) in [5, 5.41) is 2.52. The Kier molecular flexibility index (Phi) is 7.14. The fourth-order valence-electron chi connectivity index (χ4n) is 2.50. The van der Waals surface area contributed by atoms with Gasteiger partial charge in [-0.15, -0.1) is 0 Å². The van der Waals surface area contributed by atoms with E-state index in [0.29, 0.717) is 11.1 Å². The minimum atomic E-state index is -0.572. The van der Waals surface area contributed by atoms with Gasteiger partial charge in [-0.2, -0.15) is 0 Å². The maximum Gasteiger partial charge on any atom is 0.338 e. The lowest BCUT2D eigenvalue weighted by molar-refractivity contribution is -0.124. The lowest BCUT2D eigenvalue weighted by atomic mass is 10.2. The number of benzene rings is 2. The van der Waals surface area contributed by atoms with Crippen molar-refractivity contribution in [2.75, 3.05) is 24.6 Å². The summed E-state index contributed by atoms with van der Waals surface area (Å²) in [6.45, 7) is 5.51. The number of esters is 1. The molecule has 2 rings (SSSR count). The van der Waals surface area contributed by atoms with Crippen LogP contribution in [0.15, 0.2) is 48.5 Å². The highest BCUT2D eigenvalue weighted by molar-refractivity contribution is 5.91. The van der Waals surface area contributed by atoms with Gasteiger partial charge in [-0.1, -0.05) is 18.2 Å². The highest BCUT2D eigenvalue weighted by Gasteiger charge is 2.11. The molecule has 2 aromatic carbocycles. The van der Waals surface area contributed by atoms with E-state index in [2.05, 4.69) is 24.1 Å². The van der Waals surface area contributed by atoms with E-state index in [1.807, 2.05) is 12.1 Å². The van der Waals surface area contributed by atoms with Crippen molar-refractivity contribution in [2.45, 2.75) is 20.4 Å². The SMILES string of the molecule is CCN(CC)c1ccc(C(=O)OCC(=O)NCc2ccccc2F)cc1. The highest BCUT2D eigenvalue weighted by atomic mass is 19.1. The van der Waals surface area contributed by atoms with Gasteiger partial charge in [0.25, 0.3) is 5.91 Å². The molecular formula is C20H23FN2O3. The Bertz CT molecular complexity index is 743. The van der Waals surface area contributed by atoms with Crippen LogP contribution in [0.1, 0.15) is 29.8 Å². The predicted octanol–water partition coefficient (Wildman–Crippen LogP) is 3.15. The maximum atomic E-state index is 13.5. The van der Waals surface area contributed by atoms with E-state index in [1.54, 1.807) is 30.3 Å². The van der Waals surface area contributed by atoms with Gasteiger partial charge in [0.2, 0.25) is 0 Å². The molecule has 1 N–H and O–H groups in total. The monoisotopic (exact) mass is 358 g/mol. The van der Waals surface area contributed by atoms with Gasteiger partial charge in [-0.25, -0.2) is 9.18 Å². The molecule has 0 saturated carbocycles. The molecule has 0 heterocycles. The fourth-order valence-corrected chi connectivity index (χ4v) is 2.50. The van der Waals surface area contributed by atoms with Crippen molar-refractivity contribution in [2.24, 2.45) is 0 Å². The van der Waals surface area contributed by atoms with Crippen LogP contribution in [0, 0.1) is 5.82 Å². The van der Waals surface area contributed by atoms with Gasteiger partial charge in [0.1, 0.15) is 5.82 Å². The summed E-state index contributed by atoms with van der Waals surface area (Å²) in [7, 11) is 0. The van der Waals surface area contributed by atoms with Crippen molar-refractivity contribution in [1.82, 2.24) is 5.32 Å². The first-order valence-corrected chi connectivity index (χ1v) is 8.57. The molecule has 2 aromatic rings. The number of carbonyl (C=O) groups is 2. The van der Waals surface area contributed by atoms with Crippen LogP contribution in [0.5, 0.6) is 0 Å². The van der Waals surface area contributed by atoms with E-state index in [1.165, 1.54) is 6.07 Å². The first kappa shape index (κ1) is 19.4. The number of halogens is 1. The zero-order valence-corrected chi connectivity index (χ0v) is 15.0. The molecule has 0 radical (unpaired) electrons. The highest BCUT2D eigenvalue weighted by Crippen LogP contribution is 2.15. The Labute approximate surface area is 152 Å². The molecule has 0 unspecified atom stereocenters. The third kappa shape index (κ3) is 5.31. The van der Waals surface area contributed by atoms with Crippen molar-refractivity contribution in [3.8, 4) is 0 Å². The van der Waals surface area contributed by atoms with Crippen molar-refractivity contribution in [3.05, 3.63) is 65.5 Å². The molecule has 138 valence electrons. The van der Waals surface area contributed by atoms with Gasteiger partial charge in [0.05, 0.1) is 5.56 Å². The maximum absolute atomic E-state index is 13.5. The second-order valence-electron chi connectivity index (χ2n) is 5.66. The van der Waals surface area contributed by atoms with E-state index in [-0.39, 0.29) is 6.54 Å². The first-order valence-electron chi connectivity index (χ1n) is 8.57. The Morgan fingerprint density at radius 1 is 1.04 bits per heavy atom. The lowest BCUT2D eigenvalue weighted by Gasteiger charge is -2.20. The molecule has 1 amide bonds. The van der Waals surface area contributed by atoms with Crippen LogP contribution < -0.4 is 10.2 Å². The molecule has 0 spiro atoms. The summed E-state index contributed by atoms with van der Waals surface area (Å²) in [4.78, 5) is 25.9. The largest absolute Gasteiger partial charge is 0.452 e. The van der Waals surface area contributed by atoms with Gasteiger partial charge in [-0.3, -0.25) is 4.79 Å². The van der Waals surface area contributed by atoms with Gasteiger partial charge >= 0.3 is 5.97 Å². The number of amides is 1. The van der Waals surface area contributed by atoms with Crippen LogP contribution in [0.25, 0.3) is 0 Å². The number of hydrogen-bond acceptors (Lipinski definition) is 4. The lowest BCUT2D eigenvalue weighted by Crippen LogP contribution is -2.28. The van der Waals surface area contributed by atoms with Gasteiger partial charge < -0.3 is 15.0 Å². The summed E-state index contributed by atoms with van der Waals surface area (Å²) in [5.41, 5.74) is 1.77. The Morgan fingerprint density at radius 3 is 2.31 bits per heavy atom.